The summed E-state index contributed by atoms with van der Waals surface area (Å²) in [6, 6.07) is 6.43. The molecule has 0 atom stereocenters. The fourth-order valence-electron chi connectivity index (χ4n) is 3.34. The lowest BCUT2D eigenvalue weighted by molar-refractivity contribution is 0.0983. The van der Waals surface area contributed by atoms with E-state index in [1.807, 2.05) is 0 Å². The number of halogens is 1. The number of hydrogen-bond acceptors (Lipinski definition) is 6. The molecule has 0 radical (unpaired) electrons. The van der Waals surface area contributed by atoms with Gasteiger partial charge in [0.25, 0.3) is 0 Å². The lowest BCUT2D eigenvalue weighted by Crippen LogP contribution is -2.42. The van der Waals surface area contributed by atoms with Gasteiger partial charge < -0.3 is 15.0 Å². The Morgan fingerprint density at radius 3 is 2.96 bits per heavy atom. The number of fused-ring (bicyclic) bond motifs is 1. The molecule has 3 heterocycles. The van der Waals surface area contributed by atoms with Crippen molar-refractivity contribution >= 4 is 23.1 Å². The zero-order valence-corrected chi connectivity index (χ0v) is 15.5. The monoisotopic (exact) mass is 384 g/mol. The van der Waals surface area contributed by atoms with Gasteiger partial charge >= 0.3 is 6.09 Å². The number of H-pyrrole nitrogens is 1. The van der Waals surface area contributed by atoms with Gasteiger partial charge in [0.1, 0.15) is 11.5 Å². The first-order chi connectivity index (χ1) is 13.6. The maximum atomic E-state index is 13.5. The standard InChI is InChI=1S/C19H21FN6O2/c1-2-28-19(27)26-8-6-14(7-9-26)22-18-21-11-15-16(24-25-17(15)23-18)12-4-3-5-13(20)10-12/h3-5,10-11,14H,2,6-9H2,1H3,(H2,21,22,23,24,25). The number of aromatic amines is 1. The van der Waals surface area contributed by atoms with Crippen molar-refractivity contribution in [2.45, 2.75) is 25.8 Å². The molecule has 1 aliphatic heterocycles. The number of carbonyl (C=O) groups excluding carboxylic acids is 1. The molecule has 1 saturated heterocycles. The smallest absolute Gasteiger partial charge is 0.409 e. The van der Waals surface area contributed by atoms with Gasteiger partial charge in [0.05, 0.1) is 12.0 Å². The largest absolute Gasteiger partial charge is 0.450 e. The van der Waals surface area contributed by atoms with Crippen LogP contribution in [0, 0.1) is 5.82 Å². The number of ether oxygens (including phenoxy) is 1. The number of anilines is 1. The van der Waals surface area contributed by atoms with Gasteiger partial charge in [-0.1, -0.05) is 12.1 Å². The maximum absolute atomic E-state index is 13.5. The van der Waals surface area contributed by atoms with E-state index < -0.39 is 0 Å². The van der Waals surface area contributed by atoms with E-state index in [1.165, 1.54) is 12.1 Å². The number of amides is 1. The molecule has 1 amide bonds. The van der Waals surface area contributed by atoms with Crippen molar-refractivity contribution in [1.82, 2.24) is 25.1 Å². The summed E-state index contributed by atoms with van der Waals surface area (Å²) in [6.45, 7) is 3.44. The Balaban J connectivity index is 1.44. The van der Waals surface area contributed by atoms with Crippen molar-refractivity contribution in [3.63, 3.8) is 0 Å². The molecule has 0 unspecified atom stereocenters. The van der Waals surface area contributed by atoms with Crippen LogP contribution in [0.4, 0.5) is 15.1 Å². The predicted octanol–water partition coefficient (Wildman–Crippen LogP) is 3.19. The average Bonchev–Trinajstić information content (AvgIpc) is 3.12. The molecule has 9 heteroatoms. The molecule has 0 spiro atoms. The van der Waals surface area contributed by atoms with Gasteiger partial charge in [0.2, 0.25) is 5.95 Å². The van der Waals surface area contributed by atoms with E-state index >= 15 is 0 Å². The molecular formula is C19H21FN6O2. The summed E-state index contributed by atoms with van der Waals surface area (Å²) in [7, 11) is 0. The molecular weight excluding hydrogens is 363 g/mol. The first kappa shape index (κ1) is 18.1. The number of nitrogens with one attached hydrogen (secondary N) is 2. The molecule has 1 aliphatic rings. The predicted molar refractivity (Wildman–Crippen MR) is 102 cm³/mol. The number of rotatable bonds is 4. The topological polar surface area (TPSA) is 96.0 Å². The minimum atomic E-state index is -0.318. The zero-order chi connectivity index (χ0) is 19.5. The van der Waals surface area contributed by atoms with Crippen LogP contribution in [0.25, 0.3) is 22.3 Å². The Morgan fingerprint density at radius 2 is 2.21 bits per heavy atom. The van der Waals surface area contributed by atoms with E-state index in [9.17, 15) is 9.18 Å². The van der Waals surface area contributed by atoms with Crippen molar-refractivity contribution in [3.05, 3.63) is 36.3 Å². The van der Waals surface area contributed by atoms with Crippen molar-refractivity contribution in [2.24, 2.45) is 0 Å². The van der Waals surface area contributed by atoms with Crippen LogP contribution in [0.5, 0.6) is 0 Å². The molecule has 146 valence electrons. The highest BCUT2D eigenvalue weighted by molar-refractivity contribution is 5.90. The van der Waals surface area contributed by atoms with E-state index in [2.05, 4.69) is 25.5 Å². The molecule has 8 nitrogen and oxygen atoms in total. The first-order valence-electron chi connectivity index (χ1n) is 9.29. The molecule has 28 heavy (non-hydrogen) atoms. The van der Waals surface area contributed by atoms with Crippen LogP contribution < -0.4 is 5.32 Å². The third-order valence-corrected chi connectivity index (χ3v) is 4.77. The highest BCUT2D eigenvalue weighted by Gasteiger charge is 2.24. The van der Waals surface area contributed by atoms with E-state index in [-0.39, 0.29) is 18.0 Å². The van der Waals surface area contributed by atoms with Crippen molar-refractivity contribution in [3.8, 4) is 11.3 Å². The van der Waals surface area contributed by atoms with Crippen LogP contribution in [0.15, 0.2) is 30.5 Å². The third-order valence-electron chi connectivity index (χ3n) is 4.77. The molecule has 2 N–H and O–H groups in total. The normalized spacial score (nSPS) is 15.0. The van der Waals surface area contributed by atoms with Gasteiger partial charge in [-0.15, -0.1) is 0 Å². The lowest BCUT2D eigenvalue weighted by Gasteiger charge is -2.31. The number of nitrogens with zero attached hydrogens (tertiary/aromatic N) is 4. The Bertz CT molecular complexity index is 983. The van der Waals surface area contributed by atoms with Gasteiger partial charge in [-0.3, -0.25) is 5.10 Å². The van der Waals surface area contributed by atoms with Crippen LogP contribution >= 0.6 is 0 Å². The van der Waals surface area contributed by atoms with Gasteiger partial charge in [-0.05, 0) is 31.9 Å². The highest BCUT2D eigenvalue weighted by atomic mass is 19.1. The fourth-order valence-corrected chi connectivity index (χ4v) is 3.34. The lowest BCUT2D eigenvalue weighted by atomic mass is 10.1. The summed E-state index contributed by atoms with van der Waals surface area (Å²) in [6.07, 6.45) is 3.00. The van der Waals surface area contributed by atoms with Gasteiger partial charge in [-0.2, -0.15) is 10.1 Å². The second-order valence-electron chi connectivity index (χ2n) is 6.64. The van der Waals surface area contributed by atoms with Crippen molar-refractivity contribution < 1.29 is 13.9 Å². The number of aromatic nitrogens is 4. The summed E-state index contributed by atoms with van der Waals surface area (Å²) >= 11 is 0. The summed E-state index contributed by atoms with van der Waals surface area (Å²) in [5.41, 5.74) is 1.87. The van der Waals surface area contributed by atoms with Crippen LogP contribution in [0.3, 0.4) is 0 Å². The number of piperidine rings is 1. The summed E-state index contributed by atoms with van der Waals surface area (Å²) in [4.78, 5) is 22.4. The van der Waals surface area contributed by atoms with E-state index in [0.29, 0.717) is 42.5 Å². The molecule has 0 bridgehead atoms. The van der Waals surface area contributed by atoms with Crippen LogP contribution in [0.1, 0.15) is 19.8 Å². The van der Waals surface area contributed by atoms with E-state index in [4.69, 9.17) is 4.74 Å². The number of benzene rings is 1. The molecule has 1 aromatic carbocycles. The Hall–Kier alpha value is -3.23. The van der Waals surface area contributed by atoms with Crippen LogP contribution in [0.2, 0.25) is 0 Å². The molecule has 0 aliphatic carbocycles. The molecule has 4 rings (SSSR count). The molecule has 0 saturated carbocycles. The molecule has 2 aromatic heterocycles. The van der Waals surface area contributed by atoms with Crippen LogP contribution in [-0.2, 0) is 4.74 Å². The summed E-state index contributed by atoms with van der Waals surface area (Å²) in [5.74, 6) is 0.179. The Morgan fingerprint density at radius 1 is 1.39 bits per heavy atom. The highest BCUT2D eigenvalue weighted by Crippen LogP contribution is 2.26. The molecule has 1 fully saturated rings. The van der Waals surface area contributed by atoms with E-state index in [1.54, 1.807) is 30.2 Å². The Labute approximate surface area is 161 Å². The number of carbonyl (C=O) groups is 1. The second kappa shape index (κ2) is 7.79. The first-order valence-corrected chi connectivity index (χ1v) is 9.29. The number of hydrogen-bond donors (Lipinski definition) is 2. The Kier molecular flexibility index (Phi) is 5.05. The average molecular weight is 384 g/mol. The number of likely N-dealkylation sites (tertiary alicyclic amines) is 1. The van der Waals surface area contributed by atoms with Gasteiger partial charge in [-0.25, -0.2) is 14.2 Å². The van der Waals surface area contributed by atoms with Crippen molar-refractivity contribution in [2.75, 3.05) is 25.0 Å². The SMILES string of the molecule is CCOC(=O)N1CCC(Nc2ncc3c(-c4cccc(F)c4)n[nH]c3n2)CC1. The quantitative estimate of drug-likeness (QED) is 0.717. The maximum Gasteiger partial charge on any atom is 0.409 e. The van der Waals surface area contributed by atoms with E-state index in [0.717, 1.165) is 18.2 Å². The van der Waals surface area contributed by atoms with Gasteiger partial charge in [0, 0.05) is 30.9 Å². The van der Waals surface area contributed by atoms with Crippen molar-refractivity contribution in [1.29, 1.82) is 0 Å². The minimum Gasteiger partial charge on any atom is -0.450 e. The summed E-state index contributed by atoms with van der Waals surface area (Å²) < 4.78 is 18.5. The van der Waals surface area contributed by atoms with Gasteiger partial charge in [0.15, 0.2) is 5.65 Å². The molecule has 3 aromatic rings. The summed E-state index contributed by atoms with van der Waals surface area (Å²) in [5, 5.41) is 11.2. The fraction of sp³-hybridized carbons (Fsp3) is 0.368. The second-order valence-corrected chi connectivity index (χ2v) is 6.64. The van der Waals surface area contributed by atoms with Crippen LogP contribution in [-0.4, -0.2) is 56.9 Å². The minimum absolute atomic E-state index is 0.175. The zero-order valence-electron chi connectivity index (χ0n) is 15.5. The third kappa shape index (κ3) is 3.73.